The number of ether oxygens (including phenoxy) is 1. The number of methoxy groups -OCH3 is 1. The van der Waals surface area contributed by atoms with Crippen LogP contribution in [0.25, 0.3) is 0 Å². The lowest BCUT2D eigenvalue weighted by Crippen LogP contribution is -2.35. The van der Waals surface area contributed by atoms with Crippen molar-refractivity contribution >= 4 is 17.5 Å². The topological polar surface area (TPSA) is 49.8 Å². The highest BCUT2D eigenvalue weighted by Crippen LogP contribution is 2.31. The first-order valence-corrected chi connectivity index (χ1v) is 6.30. The van der Waals surface area contributed by atoms with Gasteiger partial charge in [-0.05, 0) is 31.0 Å². The second kappa shape index (κ2) is 5.59. The van der Waals surface area contributed by atoms with Crippen LogP contribution in [-0.4, -0.2) is 42.2 Å². The molecule has 0 atom stereocenters. The quantitative estimate of drug-likeness (QED) is 0.889. The van der Waals surface area contributed by atoms with E-state index in [-0.39, 0.29) is 18.6 Å². The van der Waals surface area contributed by atoms with Crippen molar-refractivity contribution in [1.29, 1.82) is 0 Å². The van der Waals surface area contributed by atoms with Gasteiger partial charge in [-0.2, -0.15) is 0 Å². The predicted octanol–water partition coefficient (Wildman–Crippen LogP) is 1.95. The summed E-state index contributed by atoms with van der Waals surface area (Å²) < 4.78 is 5.18. The van der Waals surface area contributed by atoms with Gasteiger partial charge in [-0.3, -0.25) is 4.79 Å². The number of aliphatic hydroxyl groups excluding tert-OH is 1. The summed E-state index contributed by atoms with van der Waals surface area (Å²) in [6.45, 7) is 0.310. The van der Waals surface area contributed by atoms with Gasteiger partial charge in [-0.15, -0.1) is 0 Å². The normalized spacial score (nSPS) is 14.4. The summed E-state index contributed by atoms with van der Waals surface area (Å²) in [5, 5.41) is 9.54. The molecule has 4 nitrogen and oxygen atoms in total. The highest BCUT2D eigenvalue weighted by atomic mass is 35.5. The lowest BCUT2D eigenvalue weighted by Gasteiger charge is -2.22. The highest BCUT2D eigenvalue weighted by Gasteiger charge is 2.33. The molecule has 98 valence electrons. The van der Waals surface area contributed by atoms with E-state index in [9.17, 15) is 4.79 Å². The Morgan fingerprint density at radius 1 is 1.56 bits per heavy atom. The predicted molar refractivity (Wildman–Crippen MR) is 69.1 cm³/mol. The Morgan fingerprint density at radius 2 is 2.28 bits per heavy atom. The molecule has 0 heterocycles. The molecule has 18 heavy (non-hydrogen) atoms. The number of hydrogen-bond acceptors (Lipinski definition) is 3. The van der Waals surface area contributed by atoms with Crippen molar-refractivity contribution in [3.8, 4) is 5.75 Å². The second-order valence-electron chi connectivity index (χ2n) is 4.30. The SMILES string of the molecule is COc1ccc(Cl)cc1C(=O)N(CCO)C1CC1. The molecular weight excluding hydrogens is 254 g/mol. The maximum atomic E-state index is 12.4. The van der Waals surface area contributed by atoms with Gasteiger partial charge in [0, 0.05) is 17.6 Å². The van der Waals surface area contributed by atoms with Gasteiger partial charge < -0.3 is 14.7 Å². The lowest BCUT2D eigenvalue weighted by atomic mass is 10.1. The fraction of sp³-hybridized carbons (Fsp3) is 0.462. The Balaban J connectivity index is 2.28. The molecular formula is C13H16ClNO3. The van der Waals surface area contributed by atoms with Gasteiger partial charge in [0.15, 0.2) is 0 Å². The van der Waals surface area contributed by atoms with Crippen LogP contribution in [0.5, 0.6) is 5.75 Å². The van der Waals surface area contributed by atoms with E-state index in [2.05, 4.69) is 0 Å². The summed E-state index contributed by atoms with van der Waals surface area (Å²) in [5.41, 5.74) is 0.449. The van der Waals surface area contributed by atoms with Crippen LogP contribution in [0.3, 0.4) is 0 Å². The first-order chi connectivity index (χ1) is 8.67. The second-order valence-corrected chi connectivity index (χ2v) is 4.73. The highest BCUT2D eigenvalue weighted by molar-refractivity contribution is 6.31. The number of carbonyl (C=O) groups is 1. The number of aliphatic hydroxyl groups is 1. The van der Waals surface area contributed by atoms with Crippen molar-refractivity contribution in [3.05, 3.63) is 28.8 Å². The molecule has 0 aliphatic heterocycles. The van der Waals surface area contributed by atoms with Gasteiger partial charge in [0.05, 0.1) is 19.3 Å². The third kappa shape index (κ3) is 2.76. The summed E-state index contributed by atoms with van der Waals surface area (Å²) in [6.07, 6.45) is 1.99. The van der Waals surface area contributed by atoms with E-state index in [1.165, 1.54) is 7.11 Å². The zero-order valence-corrected chi connectivity index (χ0v) is 11.0. The third-order valence-corrected chi connectivity index (χ3v) is 3.22. The van der Waals surface area contributed by atoms with Crippen molar-refractivity contribution in [3.63, 3.8) is 0 Å². The molecule has 1 aromatic carbocycles. The minimum absolute atomic E-state index is 0.0366. The molecule has 5 heteroatoms. The third-order valence-electron chi connectivity index (χ3n) is 2.98. The Morgan fingerprint density at radius 3 is 2.83 bits per heavy atom. The average molecular weight is 270 g/mol. The zero-order chi connectivity index (χ0) is 13.1. The van der Waals surface area contributed by atoms with E-state index < -0.39 is 0 Å². The van der Waals surface area contributed by atoms with Gasteiger partial charge in [-0.1, -0.05) is 11.6 Å². The number of halogens is 1. The standard InChI is InChI=1S/C13H16ClNO3/c1-18-12-5-2-9(14)8-11(12)13(17)15(6-7-16)10-3-4-10/h2,5,8,10,16H,3-4,6-7H2,1H3. The molecule has 2 rings (SSSR count). The van der Waals surface area contributed by atoms with Crippen LogP contribution in [0, 0.1) is 0 Å². The van der Waals surface area contributed by atoms with Gasteiger partial charge in [0.1, 0.15) is 5.75 Å². The van der Waals surface area contributed by atoms with Crippen LogP contribution in [-0.2, 0) is 0 Å². The Labute approximate surface area is 111 Å². The number of hydrogen-bond donors (Lipinski definition) is 1. The molecule has 0 spiro atoms. The zero-order valence-electron chi connectivity index (χ0n) is 10.2. The van der Waals surface area contributed by atoms with Gasteiger partial charge in [0.25, 0.3) is 5.91 Å². The van der Waals surface area contributed by atoms with Crippen molar-refractivity contribution in [2.45, 2.75) is 18.9 Å². The van der Waals surface area contributed by atoms with Crippen molar-refractivity contribution < 1.29 is 14.6 Å². The van der Waals surface area contributed by atoms with E-state index in [0.29, 0.717) is 22.9 Å². The molecule has 0 aromatic heterocycles. The number of benzene rings is 1. The van der Waals surface area contributed by atoms with Crippen LogP contribution in [0.15, 0.2) is 18.2 Å². The maximum Gasteiger partial charge on any atom is 0.258 e. The van der Waals surface area contributed by atoms with E-state index in [0.717, 1.165) is 12.8 Å². The minimum Gasteiger partial charge on any atom is -0.496 e. The van der Waals surface area contributed by atoms with Crippen molar-refractivity contribution in [1.82, 2.24) is 4.90 Å². The molecule has 1 fully saturated rings. The molecule has 0 bridgehead atoms. The molecule has 1 aliphatic rings. The van der Waals surface area contributed by atoms with Crippen LogP contribution >= 0.6 is 11.6 Å². The summed E-state index contributed by atoms with van der Waals surface area (Å²) in [5.74, 6) is 0.374. The molecule has 1 N–H and O–H groups in total. The van der Waals surface area contributed by atoms with Gasteiger partial charge >= 0.3 is 0 Å². The first kappa shape index (κ1) is 13.2. The van der Waals surface area contributed by atoms with Crippen molar-refractivity contribution in [2.24, 2.45) is 0 Å². The van der Waals surface area contributed by atoms with Crippen LogP contribution in [0.2, 0.25) is 5.02 Å². The monoisotopic (exact) mass is 269 g/mol. The Kier molecular flexibility index (Phi) is 4.09. The fourth-order valence-corrected chi connectivity index (χ4v) is 2.12. The van der Waals surface area contributed by atoms with Crippen molar-refractivity contribution in [2.75, 3.05) is 20.3 Å². The molecule has 1 aromatic rings. The van der Waals surface area contributed by atoms with Gasteiger partial charge in [0.2, 0.25) is 0 Å². The molecule has 1 aliphatic carbocycles. The molecule has 0 saturated heterocycles. The van der Waals surface area contributed by atoms with Gasteiger partial charge in [-0.25, -0.2) is 0 Å². The number of rotatable bonds is 5. The molecule has 0 unspecified atom stereocenters. The van der Waals surface area contributed by atoms with Crippen LogP contribution < -0.4 is 4.74 Å². The Bertz CT molecular complexity index is 446. The number of carbonyl (C=O) groups excluding carboxylic acids is 1. The number of nitrogens with zero attached hydrogens (tertiary/aromatic N) is 1. The number of amides is 1. The molecule has 0 radical (unpaired) electrons. The molecule has 1 saturated carbocycles. The summed E-state index contributed by atoms with van der Waals surface area (Å²) >= 11 is 5.92. The fourth-order valence-electron chi connectivity index (χ4n) is 1.95. The first-order valence-electron chi connectivity index (χ1n) is 5.92. The maximum absolute atomic E-state index is 12.4. The molecule has 1 amide bonds. The largest absolute Gasteiger partial charge is 0.496 e. The summed E-state index contributed by atoms with van der Waals surface area (Å²) in [7, 11) is 1.52. The minimum atomic E-state index is -0.133. The van der Waals surface area contributed by atoms with Crippen LogP contribution in [0.1, 0.15) is 23.2 Å². The Hall–Kier alpha value is -1.26. The van der Waals surface area contributed by atoms with E-state index in [4.69, 9.17) is 21.4 Å². The van der Waals surface area contributed by atoms with E-state index in [1.54, 1.807) is 23.1 Å². The average Bonchev–Trinajstić information content (AvgIpc) is 3.19. The van der Waals surface area contributed by atoms with E-state index >= 15 is 0 Å². The van der Waals surface area contributed by atoms with E-state index in [1.807, 2.05) is 0 Å². The smallest absolute Gasteiger partial charge is 0.258 e. The summed E-state index contributed by atoms with van der Waals surface area (Å²) in [4.78, 5) is 14.1. The lowest BCUT2D eigenvalue weighted by molar-refractivity contribution is 0.0704. The van der Waals surface area contributed by atoms with Crippen LogP contribution in [0.4, 0.5) is 0 Å². The summed E-state index contributed by atoms with van der Waals surface area (Å²) in [6, 6.07) is 5.22.